The van der Waals surface area contributed by atoms with E-state index in [1.165, 1.54) is 57.6 Å². The minimum atomic E-state index is -0.0515. The molecule has 0 amide bonds. The van der Waals surface area contributed by atoms with E-state index in [-0.39, 0.29) is 11.9 Å². The Morgan fingerprint density at radius 2 is 2.05 bits per heavy atom. The maximum absolute atomic E-state index is 12.0. The molecule has 0 N–H and O–H groups in total. The van der Waals surface area contributed by atoms with Gasteiger partial charge >= 0.3 is 5.97 Å². The van der Waals surface area contributed by atoms with Crippen molar-refractivity contribution in [2.45, 2.75) is 89.8 Å². The fourth-order valence-corrected chi connectivity index (χ4v) is 3.55. The van der Waals surface area contributed by atoms with Crippen molar-refractivity contribution in [1.82, 2.24) is 0 Å². The number of carbonyl (C=O) groups is 1. The van der Waals surface area contributed by atoms with Gasteiger partial charge in [0, 0.05) is 0 Å². The van der Waals surface area contributed by atoms with Gasteiger partial charge in [0.05, 0.1) is 25.2 Å². The van der Waals surface area contributed by atoms with Crippen LogP contribution in [0.15, 0.2) is 11.6 Å². The first-order valence-electron chi connectivity index (χ1n) is 9.18. The molecule has 3 nitrogen and oxygen atoms in total. The largest absolute Gasteiger partial charge is 0.469 e. The van der Waals surface area contributed by atoms with Gasteiger partial charge in [-0.2, -0.15) is 0 Å². The summed E-state index contributed by atoms with van der Waals surface area (Å²) >= 11 is 0. The zero-order valence-corrected chi connectivity index (χ0v) is 14.3. The van der Waals surface area contributed by atoms with E-state index in [9.17, 15) is 4.79 Å². The number of hydrogen-bond acceptors (Lipinski definition) is 3. The van der Waals surface area contributed by atoms with Crippen LogP contribution >= 0.6 is 0 Å². The van der Waals surface area contributed by atoms with Gasteiger partial charge in [-0.05, 0) is 32.1 Å². The molecule has 0 radical (unpaired) electrons. The number of unbranched alkanes of at least 4 members (excludes halogenated alkanes) is 2. The molecule has 1 aliphatic heterocycles. The monoisotopic (exact) mass is 308 g/mol. The highest BCUT2D eigenvalue weighted by molar-refractivity contribution is 5.75. The lowest BCUT2D eigenvalue weighted by atomic mass is 9.85. The van der Waals surface area contributed by atoms with E-state index in [0.717, 1.165) is 25.7 Å². The molecule has 3 atom stereocenters. The van der Waals surface area contributed by atoms with Crippen LogP contribution in [-0.2, 0) is 14.3 Å². The number of carbonyl (C=O) groups excluding carboxylic acids is 1. The fourth-order valence-electron chi connectivity index (χ4n) is 3.55. The topological polar surface area (TPSA) is 38.8 Å². The maximum atomic E-state index is 12.0. The molecule has 22 heavy (non-hydrogen) atoms. The first kappa shape index (κ1) is 17.5. The smallest absolute Gasteiger partial charge is 0.312 e. The molecule has 3 heteroatoms. The van der Waals surface area contributed by atoms with Gasteiger partial charge < -0.3 is 9.47 Å². The van der Waals surface area contributed by atoms with Crippen molar-refractivity contribution in [3.8, 4) is 0 Å². The summed E-state index contributed by atoms with van der Waals surface area (Å²) in [5, 5.41) is 0. The summed E-state index contributed by atoms with van der Waals surface area (Å²) in [5.41, 5.74) is 1.30. The highest BCUT2D eigenvalue weighted by Gasteiger charge is 2.37. The molecule has 2 rings (SSSR count). The van der Waals surface area contributed by atoms with Crippen LogP contribution in [0.5, 0.6) is 0 Å². The molecule has 0 bridgehead atoms. The highest BCUT2D eigenvalue weighted by atomic mass is 16.6. The maximum Gasteiger partial charge on any atom is 0.312 e. The molecule has 1 saturated carbocycles. The Morgan fingerprint density at radius 1 is 1.23 bits per heavy atom. The van der Waals surface area contributed by atoms with Gasteiger partial charge in [0.25, 0.3) is 0 Å². The van der Waals surface area contributed by atoms with E-state index in [1.54, 1.807) is 0 Å². The molecule has 2 aliphatic rings. The molecular formula is C19H32O3. The van der Waals surface area contributed by atoms with Crippen molar-refractivity contribution in [3.63, 3.8) is 0 Å². The van der Waals surface area contributed by atoms with Crippen molar-refractivity contribution in [1.29, 1.82) is 0 Å². The minimum absolute atomic E-state index is 0.0115. The number of esters is 1. The van der Waals surface area contributed by atoms with E-state index >= 15 is 0 Å². The third-order valence-corrected chi connectivity index (χ3v) is 5.03. The standard InChI is InChI=1S/C19H32O3/c1-3-4-7-12-17-18(22-17)14-13-15-10-8-5-6-9-11-16(15)19(20)21-2/h13,16-18H,3-12,14H2,1-2H3. The molecule has 0 aromatic carbocycles. The van der Waals surface area contributed by atoms with Crippen LogP contribution < -0.4 is 0 Å². The van der Waals surface area contributed by atoms with Crippen molar-refractivity contribution < 1.29 is 14.3 Å². The van der Waals surface area contributed by atoms with Gasteiger partial charge in [0.2, 0.25) is 0 Å². The molecule has 3 unspecified atom stereocenters. The van der Waals surface area contributed by atoms with Gasteiger partial charge in [0.1, 0.15) is 0 Å². The lowest BCUT2D eigenvalue weighted by molar-refractivity contribution is -0.144. The molecule has 0 spiro atoms. The average molecular weight is 308 g/mol. The average Bonchev–Trinajstić information content (AvgIpc) is 3.24. The van der Waals surface area contributed by atoms with Gasteiger partial charge in [0.15, 0.2) is 0 Å². The van der Waals surface area contributed by atoms with Gasteiger partial charge in [-0.3, -0.25) is 4.79 Å². The summed E-state index contributed by atoms with van der Waals surface area (Å²) in [6, 6.07) is 0. The van der Waals surface area contributed by atoms with Crippen LogP contribution in [0, 0.1) is 5.92 Å². The van der Waals surface area contributed by atoms with Gasteiger partial charge in [-0.25, -0.2) is 0 Å². The Bertz CT molecular complexity index is 375. The predicted octanol–water partition coefficient (Wildman–Crippen LogP) is 4.79. The minimum Gasteiger partial charge on any atom is -0.469 e. The van der Waals surface area contributed by atoms with E-state index in [2.05, 4.69) is 13.0 Å². The molecule has 126 valence electrons. The molecule has 1 saturated heterocycles. The molecular weight excluding hydrogens is 276 g/mol. The SMILES string of the molecule is CCCCCC1OC1CC=C1CCCCCCC1C(=O)OC. The summed E-state index contributed by atoms with van der Waals surface area (Å²) in [4.78, 5) is 12.0. The molecule has 1 heterocycles. The zero-order valence-electron chi connectivity index (χ0n) is 14.3. The van der Waals surface area contributed by atoms with E-state index < -0.39 is 0 Å². The highest BCUT2D eigenvalue weighted by Crippen LogP contribution is 2.33. The number of ether oxygens (including phenoxy) is 2. The third-order valence-electron chi connectivity index (χ3n) is 5.03. The number of epoxide rings is 1. The fraction of sp³-hybridized carbons (Fsp3) is 0.842. The second-order valence-corrected chi connectivity index (χ2v) is 6.75. The Kier molecular flexibility index (Phi) is 7.44. The Morgan fingerprint density at radius 3 is 2.82 bits per heavy atom. The summed E-state index contributed by atoms with van der Waals surface area (Å²) in [7, 11) is 1.51. The second-order valence-electron chi connectivity index (χ2n) is 6.75. The Hall–Kier alpha value is -0.830. The normalized spacial score (nSPS) is 30.6. The van der Waals surface area contributed by atoms with Crippen molar-refractivity contribution in [2.75, 3.05) is 7.11 Å². The first-order chi connectivity index (χ1) is 10.8. The Labute approximate surface area is 135 Å². The van der Waals surface area contributed by atoms with E-state index in [0.29, 0.717) is 12.2 Å². The van der Waals surface area contributed by atoms with Crippen LogP contribution in [0.2, 0.25) is 0 Å². The summed E-state index contributed by atoms with van der Waals surface area (Å²) in [5.74, 6) is -0.0630. The van der Waals surface area contributed by atoms with Crippen molar-refractivity contribution >= 4 is 5.97 Å². The lowest BCUT2D eigenvalue weighted by Gasteiger charge is -2.21. The molecule has 0 aromatic rings. The van der Waals surface area contributed by atoms with Crippen LogP contribution in [0.3, 0.4) is 0 Å². The first-order valence-corrected chi connectivity index (χ1v) is 9.18. The van der Waals surface area contributed by atoms with E-state index in [4.69, 9.17) is 9.47 Å². The third kappa shape index (κ3) is 5.42. The summed E-state index contributed by atoms with van der Waals surface area (Å²) in [6.45, 7) is 2.23. The zero-order chi connectivity index (χ0) is 15.8. The number of rotatable bonds is 7. The quantitative estimate of drug-likeness (QED) is 0.294. The second kappa shape index (κ2) is 9.34. The lowest BCUT2D eigenvalue weighted by Crippen LogP contribution is -2.20. The van der Waals surface area contributed by atoms with Crippen LogP contribution in [0.4, 0.5) is 0 Å². The summed E-state index contributed by atoms with van der Waals surface area (Å²) in [6.07, 6.45) is 16.0. The summed E-state index contributed by atoms with van der Waals surface area (Å²) < 4.78 is 10.8. The van der Waals surface area contributed by atoms with Crippen LogP contribution in [-0.4, -0.2) is 25.3 Å². The molecule has 2 fully saturated rings. The van der Waals surface area contributed by atoms with Crippen molar-refractivity contribution in [3.05, 3.63) is 11.6 Å². The van der Waals surface area contributed by atoms with Crippen molar-refractivity contribution in [2.24, 2.45) is 5.92 Å². The molecule has 1 aliphatic carbocycles. The predicted molar refractivity (Wildman–Crippen MR) is 88.7 cm³/mol. The van der Waals surface area contributed by atoms with Gasteiger partial charge in [-0.15, -0.1) is 0 Å². The van der Waals surface area contributed by atoms with Gasteiger partial charge in [-0.1, -0.05) is 57.1 Å². The number of methoxy groups -OCH3 is 1. The van der Waals surface area contributed by atoms with E-state index in [1.807, 2.05) is 0 Å². The number of hydrogen-bond donors (Lipinski definition) is 0. The van der Waals surface area contributed by atoms with Crippen LogP contribution in [0.25, 0.3) is 0 Å². The van der Waals surface area contributed by atoms with Crippen LogP contribution in [0.1, 0.15) is 77.6 Å². The Balaban J connectivity index is 1.84. The molecule has 0 aromatic heterocycles.